The van der Waals surface area contributed by atoms with Crippen molar-refractivity contribution in [2.24, 2.45) is 17.3 Å². The van der Waals surface area contributed by atoms with Crippen LogP contribution in [0.5, 0.6) is 0 Å². The average Bonchev–Trinajstić information content (AvgIpc) is 2.48. The fourth-order valence-electron chi connectivity index (χ4n) is 4.13. The first-order valence-electron chi connectivity index (χ1n) is 7.90. The lowest BCUT2D eigenvalue weighted by atomic mass is 9.57. The number of rotatable bonds is 3. The lowest BCUT2D eigenvalue weighted by molar-refractivity contribution is -0.114. The minimum Gasteiger partial charge on any atom is -0.388 e. The highest BCUT2D eigenvalue weighted by Crippen LogP contribution is 2.51. The van der Waals surface area contributed by atoms with Crippen molar-refractivity contribution in [2.75, 3.05) is 13.1 Å². The van der Waals surface area contributed by atoms with Gasteiger partial charge in [-0.1, -0.05) is 26.2 Å². The summed E-state index contributed by atoms with van der Waals surface area (Å²) in [5, 5.41) is 24.3. The standard InChI is InChI=1S/C16H28N2O/c1-3-13-6-4-8-16(10-13,12-17)15(2,19)14-7-5-9-18-11-14/h13-14,18-19H,3-11H2,1-2H3. The maximum absolute atomic E-state index is 11.2. The summed E-state index contributed by atoms with van der Waals surface area (Å²) in [6.45, 7) is 6.03. The predicted octanol–water partition coefficient (Wildman–Crippen LogP) is 2.85. The highest BCUT2D eigenvalue weighted by atomic mass is 16.3. The molecular formula is C16H28N2O. The van der Waals surface area contributed by atoms with Crippen molar-refractivity contribution in [2.45, 2.75) is 64.4 Å². The lowest BCUT2D eigenvalue weighted by Crippen LogP contribution is -2.56. The van der Waals surface area contributed by atoms with Crippen LogP contribution in [0.3, 0.4) is 0 Å². The molecule has 0 amide bonds. The molecule has 0 aromatic carbocycles. The van der Waals surface area contributed by atoms with E-state index in [4.69, 9.17) is 0 Å². The van der Waals surface area contributed by atoms with Crippen LogP contribution in [0.25, 0.3) is 0 Å². The second kappa shape index (κ2) is 5.81. The van der Waals surface area contributed by atoms with Crippen LogP contribution in [-0.4, -0.2) is 23.8 Å². The van der Waals surface area contributed by atoms with Crippen molar-refractivity contribution in [3.8, 4) is 6.07 Å². The monoisotopic (exact) mass is 264 g/mol. The van der Waals surface area contributed by atoms with Gasteiger partial charge in [-0.05, 0) is 45.1 Å². The molecule has 1 aliphatic heterocycles. The summed E-state index contributed by atoms with van der Waals surface area (Å²) >= 11 is 0. The molecule has 4 atom stereocenters. The van der Waals surface area contributed by atoms with Gasteiger partial charge in [0.2, 0.25) is 0 Å². The molecule has 19 heavy (non-hydrogen) atoms. The Morgan fingerprint density at radius 2 is 2.21 bits per heavy atom. The molecule has 3 nitrogen and oxygen atoms in total. The summed E-state index contributed by atoms with van der Waals surface area (Å²) in [6, 6.07) is 2.54. The van der Waals surface area contributed by atoms with Crippen LogP contribution >= 0.6 is 0 Å². The number of nitriles is 1. The normalized spacial score (nSPS) is 39.3. The van der Waals surface area contributed by atoms with Crippen molar-refractivity contribution >= 4 is 0 Å². The van der Waals surface area contributed by atoms with E-state index in [2.05, 4.69) is 18.3 Å². The number of piperidine rings is 1. The third-order valence-electron chi connectivity index (χ3n) is 5.71. The van der Waals surface area contributed by atoms with Crippen molar-refractivity contribution in [3.05, 3.63) is 0 Å². The van der Waals surface area contributed by atoms with Crippen LogP contribution in [0.2, 0.25) is 0 Å². The Morgan fingerprint density at radius 1 is 1.42 bits per heavy atom. The topological polar surface area (TPSA) is 56.0 Å². The van der Waals surface area contributed by atoms with Crippen LogP contribution in [0, 0.1) is 28.6 Å². The molecule has 1 saturated heterocycles. The molecule has 3 heteroatoms. The van der Waals surface area contributed by atoms with Crippen LogP contribution < -0.4 is 5.32 Å². The Kier molecular flexibility index (Phi) is 4.53. The quantitative estimate of drug-likeness (QED) is 0.824. The Balaban J connectivity index is 2.20. The summed E-state index contributed by atoms with van der Waals surface area (Å²) in [6.07, 6.45) is 7.33. The molecule has 2 N–H and O–H groups in total. The van der Waals surface area contributed by atoms with E-state index < -0.39 is 11.0 Å². The first kappa shape index (κ1) is 14.8. The average molecular weight is 264 g/mol. The zero-order chi connectivity index (χ0) is 13.9. The molecular weight excluding hydrogens is 236 g/mol. The first-order valence-corrected chi connectivity index (χ1v) is 7.90. The third-order valence-corrected chi connectivity index (χ3v) is 5.71. The molecule has 4 unspecified atom stereocenters. The molecule has 1 heterocycles. The third kappa shape index (κ3) is 2.66. The molecule has 2 aliphatic rings. The summed E-state index contributed by atoms with van der Waals surface area (Å²) in [5.74, 6) is 0.827. The Bertz CT molecular complexity index is 341. The van der Waals surface area contributed by atoms with Gasteiger partial charge < -0.3 is 10.4 Å². The van der Waals surface area contributed by atoms with E-state index in [1.807, 2.05) is 6.92 Å². The Labute approximate surface area is 117 Å². The van der Waals surface area contributed by atoms with Gasteiger partial charge in [-0.15, -0.1) is 0 Å². The van der Waals surface area contributed by atoms with Gasteiger partial charge >= 0.3 is 0 Å². The highest BCUT2D eigenvalue weighted by molar-refractivity contribution is 5.14. The van der Waals surface area contributed by atoms with E-state index in [-0.39, 0.29) is 5.92 Å². The summed E-state index contributed by atoms with van der Waals surface area (Å²) in [4.78, 5) is 0. The summed E-state index contributed by atoms with van der Waals surface area (Å²) < 4.78 is 0. The SMILES string of the molecule is CCC1CCCC(C#N)(C(C)(O)C2CCCNC2)C1. The van der Waals surface area contributed by atoms with Gasteiger partial charge in [0.15, 0.2) is 0 Å². The van der Waals surface area contributed by atoms with E-state index in [0.717, 1.165) is 51.6 Å². The predicted molar refractivity (Wildman–Crippen MR) is 76.5 cm³/mol. The van der Waals surface area contributed by atoms with Gasteiger partial charge in [0.25, 0.3) is 0 Å². The minimum atomic E-state index is -0.858. The number of aliphatic hydroxyl groups is 1. The van der Waals surface area contributed by atoms with Gasteiger partial charge in [0, 0.05) is 12.5 Å². The van der Waals surface area contributed by atoms with Crippen molar-refractivity contribution < 1.29 is 5.11 Å². The smallest absolute Gasteiger partial charge is 0.0863 e. The molecule has 0 aromatic heterocycles. The zero-order valence-electron chi connectivity index (χ0n) is 12.4. The van der Waals surface area contributed by atoms with Crippen LogP contribution in [-0.2, 0) is 0 Å². The second-order valence-electron chi connectivity index (χ2n) is 6.76. The molecule has 2 fully saturated rings. The van der Waals surface area contributed by atoms with Gasteiger partial charge in [0.05, 0.1) is 17.1 Å². The molecule has 1 aliphatic carbocycles. The molecule has 2 rings (SSSR count). The molecule has 0 bridgehead atoms. The molecule has 0 spiro atoms. The summed E-state index contributed by atoms with van der Waals surface area (Å²) in [5.41, 5.74) is -1.39. The van der Waals surface area contributed by atoms with Gasteiger partial charge in [-0.3, -0.25) is 0 Å². The second-order valence-corrected chi connectivity index (χ2v) is 6.76. The van der Waals surface area contributed by atoms with E-state index >= 15 is 0 Å². The maximum atomic E-state index is 11.2. The van der Waals surface area contributed by atoms with Crippen molar-refractivity contribution in [1.29, 1.82) is 5.26 Å². The molecule has 108 valence electrons. The van der Waals surface area contributed by atoms with E-state index in [1.54, 1.807) is 0 Å². The number of nitrogens with one attached hydrogen (secondary N) is 1. The van der Waals surface area contributed by atoms with E-state index in [0.29, 0.717) is 5.92 Å². The highest BCUT2D eigenvalue weighted by Gasteiger charge is 2.53. The van der Waals surface area contributed by atoms with Crippen LogP contribution in [0.4, 0.5) is 0 Å². The first-order chi connectivity index (χ1) is 9.05. The van der Waals surface area contributed by atoms with Gasteiger partial charge in [-0.25, -0.2) is 0 Å². The fraction of sp³-hybridized carbons (Fsp3) is 0.938. The van der Waals surface area contributed by atoms with Gasteiger partial charge in [0.1, 0.15) is 0 Å². The maximum Gasteiger partial charge on any atom is 0.0863 e. The minimum absolute atomic E-state index is 0.219. The number of hydrogen-bond donors (Lipinski definition) is 2. The van der Waals surface area contributed by atoms with Crippen LogP contribution in [0.1, 0.15) is 58.8 Å². The molecule has 0 radical (unpaired) electrons. The number of hydrogen-bond acceptors (Lipinski definition) is 3. The zero-order valence-corrected chi connectivity index (χ0v) is 12.4. The lowest BCUT2D eigenvalue weighted by Gasteiger charge is -2.50. The number of nitrogens with zero attached hydrogens (tertiary/aromatic N) is 1. The largest absolute Gasteiger partial charge is 0.388 e. The molecule has 1 saturated carbocycles. The fourth-order valence-corrected chi connectivity index (χ4v) is 4.13. The van der Waals surface area contributed by atoms with E-state index in [9.17, 15) is 10.4 Å². The molecule has 0 aromatic rings. The van der Waals surface area contributed by atoms with E-state index in [1.165, 1.54) is 6.42 Å². The Hall–Kier alpha value is -0.590. The van der Waals surface area contributed by atoms with Crippen LogP contribution in [0.15, 0.2) is 0 Å². The Morgan fingerprint density at radius 3 is 2.79 bits per heavy atom. The van der Waals surface area contributed by atoms with Crippen molar-refractivity contribution in [3.63, 3.8) is 0 Å². The summed E-state index contributed by atoms with van der Waals surface area (Å²) in [7, 11) is 0. The van der Waals surface area contributed by atoms with Crippen molar-refractivity contribution in [1.82, 2.24) is 5.32 Å². The van der Waals surface area contributed by atoms with Gasteiger partial charge in [-0.2, -0.15) is 5.26 Å².